The normalized spacial score (nSPS) is 19.3. The second-order valence-electron chi connectivity index (χ2n) is 5.13. The first kappa shape index (κ1) is 14.0. The minimum Gasteiger partial charge on any atom is -0.315 e. The van der Waals surface area contributed by atoms with Crippen LogP contribution in [-0.4, -0.2) is 35.6 Å². The Labute approximate surface area is 115 Å². The van der Waals surface area contributed by atoms with Crippen LogP contribution in [0.4, 0.5) is 0 Å². The number of nitrogens with zero attached hydrogens (tertiary/aromatic N) is 3. The van der Waals surface area contributed by atoms with E-state index in [9.17, 15) is 0 Å². The van der Waals surface area contributed by atoms with Crippen molar-refractivity contribution in [3.8, 4) is 6.07 Å². The van der Waals surface area contributed by atoms with Gasteiger partial charge < -0.3 is 5.32 Å². The SMILES string of the molecule is CCCN(Cc1ccnc(C#N)c1)C1CCCNC1. The molecule has 2 heterocycles. The molecule has 1 aliphatic heterocycles. The average Bonchev–Trinajstić information content (AvgIpc) is 2.48. The van der Waals surface area contributed by atoms with Crippen LogP contribution in [0.15, 0.2) is 18.3 Å². The minimum absolute atomic E-state index is 0.510. The van der Waals surface area contributed by atoms with Gasteiger partial charge in [-0.3, -0.25) is 4.90 Å². The van der Waals surface area contributed by atoms with E-state index in [1.807, 2.05) is 12.1 Å². The van der Waals surface area contributed by atoms with E-state index in [0.717, 1.165) is 32.6 Å². The molecule has 0 spiro atoms. The van der Waals surface area contributed by atoms with Gasteiger partial charge in [-0.25, -0.2) is 4.98 Å². The van der Waals surface area contributed by atoms with Crippen LogP contribution in [0.25, 0.3) is 0 Å². The van der Waals surface area contributed by atoms with Gasteiger partial charge in [-0.2, -0.15) is 5.26 Å². The molecule has 0 saturated carbocycles. The molecule has 4 heteroatoms. The number of nitriles is 1. The highest BCUT2D eigenvalue weighted by atomic mass is 15.2. The van der Waals surface area contributed by atoms with Crippen molar-refractivity contribution in [2.24, 2.45) is 0 Å². The fourth-order valence-electron chi connectivity index (χ4n) is 2.69. The van der Waals surface area contributed by atoms with Crippen molar-refractivity contribution in [1.29, 1.82) is 5.26 Å². The second kappa shape index (κ2) is 7.22. The summed E-state index contributed by atoms with van der Waals surface area (Å²) in [5, 5.41) is 12.4. The Morgan fingerprint density at radius 2 is 2.47 bits per heavy atom. The average molecular weight is 258 g/mol. The quantitative estimate of drug-likeness (QED) is 0.876. The standard InChI is InChI=1S/C15H22N4/c1-2-8-19(15-4-3-6-17-11-15)12-13-5-7-18-14(9-13)10-16/h5,7,9,15,17H,2-4,6,8,11-12H2,1H3. The highest BCUT2D eigenvalue weighted by molar-refractivity contribution is 5.25. The first-order valence-electron chi connectivity index (χ1n) is 7.13. The van der Waals surface area contributed by atoms with E-state index in [4.69, 9.17) is 5.26 Å². The van der Waals surface area contributed by atoms with Crippen molar-refractivity contribution < 1.29 is 0 Å². The van der Waals surface area contributed by atoms with E-state index in [0.29, 0.717) is 11.7 Å². The van der Waals surface area contributed by atoms with Crippen molar-refractivity contribution in [3.05, 3.63) is 29.6 Å². The lowest BCUT2D eigenvalue weighted by Gasteiger charge is -2.34. The summed E-state index contributed by atoms with van der Waals surface area (Å²) in [4.78, 5) is 6.56. The summed E-state index contributed by atoms with van der Waals surface area (Å²) in [5.41, 5.74) is 1.70. The number of hydrogen-bond donors (Lipinski definition) is 1. The van der Waals surface area contributed by atoms with Crippen LogP contribution in [-0.2, 0) is 6.54 Å². The molecule has 1 aliphatic rings. The molecule has 1 atom stereocenters. The number of pyridine rings is 1. The lowest BCUT2D eigenvalue weighted by atomic mass is 10.0. The molecule has 1 unspecified atom stereocenters. The molecular formula is C15H22N4. The van der Waals surface area contributed by atoms with Gasteiger partial charge in [0.15, 0.2) is 0 Å². The lowest BCUT2D eigenvalue weighted by Crippen LogP contribution is -2.45. The molecule has 0 aliphatic carbocycles. The van der Waals surface area contributed by atoms with Crippen molar-refractivity contribution >= 4 is 0 Å². The molecule has 1 N–H and O–H groups in total. The maximum absolute atomic E-state index is 8.91. The Bertz CT molecular complexity index is 432. The molecule has 19 heavy (non-hydrogen) atoms. The molecule has 102 valence electrons. The van der Waals surface area contributed by atoms with Crippen LogP contribution in [0, 0.1) is 11.3 Å². The Morgan fingerprint density at radius 3 is 3.16 bits per heavy atom. The van der Waals surface area contributed by atoms with Gasteiger partial charge in [0.05, 0.1) is 0 Å². The Morgan fingerprint density at radius 1 is 1.58 bits per heavy atom. The van der Waals surface area contributed by atoms with Gasteiger partial charge in [0.2, 0.25) is 0 Å². The number of nitrogens with one attached hydrogen (secondary N) is 1. The van der Waals surface area contributed by atoms with E-state index in [1.54, 1.807) is 6.20 Å². The maximum Gasteiger partial charge on any atom is 0.140 e. The summed E-state index contributed by atoms with van der Waals surface area (Å²) >= 11 is 0. The molecule has 4 nitrogen and oxygen atoms in total. The molecular weight excluding hydrogens is 236 g/mol. The van der Waals surface area contributed by atoms with Gasteiger partial charge in [-0.15, -0.1) is 0 Å². The molecule has 0 radical (unpaired) electrons. The minimum atomic E-state index is 0.510. The van der Waals surface area contributed by atoms with Crippen LogP contribution >= 0.6 is 0 Å². The zero-order valence-corrected chi connectivity index (χ0v) is 11.6. The van der Waals surface area contributed by atoms with E-state index in [1.165, 1.54) is 18.4 Å². The van der Waals surface area contributed by atoms with Crippen molar-refractivity contribution in [2.75, 3.05) is 19.6 Å². The largest absolute Gasteiger partial charge is 0.315 e. The zero-order valence-electron chi connectivity index (χ0n) is 11.6. The van der Waals surface area contributed by atoms with Gasteiger partial charge in [0.25, 0.3) is 0 Å². The van der Waals surface area contributed by atoms with Crippen molar-refractivity contribution in [2.45, 2.75) is 38.8 Å². The van der Waals surface area contributed by atoms with Crippen LogP contribution in [0.5, 0.6) is 0 Å². The molecule has 1 aromatic rings. The summed E-state index contributed by atoms with van der Waals surface area (Å²) in [6, 6.07) is 6.64. The Balaban J connectivity index is 2.04. The molecule has 0 aromatic carbocycles. The number of hydrogen-bond acceptors (Lipinski definition) is 4. The monoisotopic (exact) mass is 258 g/mol. The van der Waals surface area contributed by atoms with Gasteiger partial charge in [0, 0.05) is 25.3 Å². The van der Waals surface area contributed by atoms with Gasteiger partial charge in [0.1, 0.15) is 11.8 Å². The molecule has 0 bridgehead atoms. The molecule has 1 saturated heterocycles. The van der Waals surface area contributed by atoms with Crippen LogP contribution in [0.2, 0.25) is 0 Å². The van der Waals surface area contributed by atoms with E-state index >= 15 is 0 Å². The predicted molar refractivity (Wildman–Crippen MR) is 75.5 cm³/mol. The Kier molecular flexibility index (Phi) is 5.31. The molecule has 1 fully saturated rings. The number of piperidine rings is 1. The summed E-state index contributed by atoms with van der Waals surface area (Å²) in [7, 11) is 0. The van der Waals surface area contributed by atoms with E-state index < -0.39 is 0 Å². The zero-order chi connectivity index (χ0) is 13.5. The summed E-state index contributed by atoms with van der Waals surface area (Å²) in [6.45, 7) is 6.46. The van der Waals surface area contributed by atoms with Gasteiger partial charge in [-0.1, -0.05) is 6.92 Å². The molecule has 2 rings (SSSR count). The third-order valence-corrected chi connectivity index (χ3v) is 3.62. The van der Waals surface area contributed by atoms with Crippen molar-refractivity contribution in [3.63, 3.8) is 0 Å². The number of rotatable bonds is 5. The first-order valence-corrected chi connectivity index (χ1v) is 7.13. The third-order valence-electron chi connectivity index (χ3n) is 3.62. The molecule has 0 amide bonds. The van der Waals surface area contributed by atoms with Crippen LogP contribution in [0.3, 0.4) is 0 Å². The third kappa shape index (κ3) is 4.02. The molecule has 1 aromatic heterocycles. The lowest BCUT2D eigenvalue weighted by molar-refractivity contribution is 0.158. The first-order chi connectivity index (χ1) is 9.33. The highest BCUT2D eigenvalue weighted by Gasteiger charge is 2.20. The summed E-state index contributed by atoms with van der Waals surface area (Å²) in [5.74, 6) is 0. The van der Waals surface area contributed by atoms with Crippen LogP contribution < -0.4 is 5.32 Å². The smallest absolute Gasteiger partial charge is 0.140 e. The fourth-order valence-corrected chi connectivity index (χ4v) is 2.69. The summed E-state index contributed by atoms with van der Waals surface area (Å²) < 4.78 is 0. The Hall–Kier alpha value is -1.44. The van der Waals surface area contributed by atoms with E-state index in [2.05, 4.69) is 28.2 Å². The second-order valence-corrected chi connectivity index (χ2v) is 5.13. The van der Waals surface area contributed by atoms with Gasteiger partial charge in [-0.05, 0) is 50.0 Å². The predicted octanol–water partition coefficient (Wildman–Crippen LogP) is 1.92. The highest BCUT2D eigenvalue weighted by Crippen LogP contribution is 2.15. The maximum atomic E-state index is 8.91. The van der Waals surface area contributed by atoms with E-state index in [-0.39, 0.29) is 0 Å². The number of aromatic nitrogens is 1. The fraction of sp³-hybridized carbons (Fsp3) is 0.600. The topological polar surface area (TPSA) is 52.0 Å². The van der Waals surface area contributed by atoms with Crippen molar-refractivity contribution in [1.82, 2.24) is 15.2 Å². The summed E-state index contributed by atoms with van der Waals surface area (Å²) in [6.07, 6.45) is 5.41. The van der Waals surface area contributed by atoms with Gasteiger partial charge >= 0.3 is 0 Å². The van der Waals surface area contributed by atoms with Crippen LogP contribution in [0.1, 0.15) is 37.4 Å².